The number of nitriles is 1. The van der Waals surface area contributed by atoms with Crippen LogP contribution in [0.3, 0.4) is 0 Å². The zero-order valence-corrected chi connectivity index (χ0v) is 23.4. The Labute approximate surface area is 238 Å². The first kappa shape index (κ1) is 26.3. The number of carboxylic acid groups (broad SMARTS) is 1. The van der Waals surface area contributed by atoms with Gasteiger partial charge in [-0.2, -0.15) is 20.6 Å². The lowest BCUT2D eigenvalue weighted by molar-refractivity contribution is -0.217. The Bertz CT molecular complexity index is 1490. The molecule has 0 bridgehead atoms. The number of carbonyl (C=O) groups is 2. The first-order valence-corrected chi connectivity index (χ1v) is 14.7. The molecule has 2 heterocycles. The van der Waals surface area contributed by atoms with E-state index < -0.39 is 35.0 Å². The van der Waals surface area contributed by atoms with Gasteiger partial charge in [-0.1, -0.05) is 19.4 Å². The number of hydrogen-bond acceptors (Lipinski definition) is 8. The van der Waals surface area contributed by atoms with Crippen LogP contribution in [0, 0.1) is 51.8 Å². The van der Waals surface area contributed by atoms with Gasteiger partial charge in [0.1, 0.15) is 0 Å². The molecule has 41 heavy (non-hydrogen) atoms. The Hall–Kier alpha value is -3.58. The van der Waals surface area contributed by atoms with Crippen LogP contribution in [0.4, 0.5) is 0 Å². The van der Waals surface area contributed by atoms with Gasteiger partial charge in [0.25, 0.3) is 0 Å². The summed E-state index contributed by atoms with van der Waals surface area (Å²) in [5, 5.41) is 45.0. The third kappa shape index (κ3) is 3.54. The average Bonchev–Trinajstić information content (AvgIpc) is 3.67. The van der Waals surface area contributed by atoms with Crippen molar-refractivity contribution >= 4 is 18.0 Å². The lowest BCUT2D eigenvalue weighted by Gasteiger charge is -2.60. The molecule has 10 nitrogen and oxygen atoms in total. The highest BCUT2D eigenvalue weighted by molar-refractivity contribution is 5.85. The summed E-state index contributed by atoms with van der Waals surface area (Å²) in [5.74, 6) is -2.70. The molecule has 4 saturated carbocycles. The average molecular weight is 558 g/mol. The molecule has 0 aromatic carbocycles. The summed E-state index contributed by atoms with van der Waals surface area (Å²) in [4.78, 5) is 26.2. The van der Waals surface area contributed by atoms with E-state index in [0.29, 0.717) is 19.3 Å². The topological polar surface area (TPSA) is 151 Å². The van der Waals surface area contributed by atoms with Gasteiger partial charge in [-0.3, -0.25) is 4.79 Å². The van der Waals surface area contributed by atoms with Crippen molar-refractivity contribution in [3.8, 4) is 11.8 Å². The zero-order valence-electron chi connectivity index (χ0n) is 23.4. The maximum absolute atomic E-state index is 13.2. The normalized spacial score (nSPS) is 38.9. The van der Waals surface area contributed by atoms with E-state index in [1.54, 1.807) is 12.4 Å². The maximum Gasteiger partial charge on any atom is 0.349 e. The van der Waals surface area contributed by atoms with Crippen molar-refractivity contribution in [2.45, 2.75) is 76.9 Å². The molecule has 2 aromatic heterocycles. The third-order valence-corrected chi connectivity index (χ3v) is 11.4. The first-order valence-electron chi connectivity index (χ1n) is 14.7. The molecule has 7 rings (SSSR count). The smallest absolute Gasteiger partial charge is 0.349 e. The molecule has 8 atom stereocenters. The Morgan fingerprint density at radius 3 is 2.71 bits per heavy atom. The summed E-state index contributed by atoms with van der Waals surface area (Å²) in [7, 11) is 0. The van der Waals surface area contributed by atoms with E-state index in [2.05, 4.69) is 34.4 Å². The first-order chi connectivity index (χ1) is 19.6. The number of aliphatic hydroxyl groups is 1. The number of esters is 1. The molecule has 0 spiro atoms. The quantitative estimate of drug-likeness (QED) is 0.524. The SMILES string of the molecule is C[C@]12Cc3cnn(-c4ccnnc4)c3C=C1CC[C@@H]1[C@@H]2[C@@H](O)C[C@@]2(C)[C@H]1CC(CC#N)[C@]2(OC(=O)C1CC1)C(=O)O. The van der Waals surface area contributed by atoms with Gasteiger partial charge in [-0.15, -0.1) is 0 Å². The molecule has 4 fully saturated rings. The summed E-state index contributed by atoms with van der Waals surface area (Å²) < 4.78 is 7.93. The second kappa shape index (κ2) is 8.96. The van der Waals surface area contributed by atoms with E-state index in [9.17, 15) is 25.1 Å². The van der Waals surface area contributed by atoms with E-state index in [4.69, 9.17) is 4.74 Å². The second-order valence-corrected chi connectivity index (χ2v) is 13.4. The van der Waals surface area contributed by atoms with Crippen molar-refractivity contribution in [2.24, 2.45) is 40.4 Å². The van der Waals surface area contributed by atoms with Gasteiger partial charge in [0.2, 0.25) is 5.60 Å². The van der Waals surface area contributed by atoms with E-state index in [1.165, 1.54) is 5.57 Å². The number of nitrogens with zero attached hydrogens (tertiary/aromatic N) is 5. The summed E-state index contributed by atoms with van der Waals surface area (Å²) in [5.41, 5.74) is 1.09. The van der Waals surface area contributed by atoms with Gasteiger partial charge in [0.05, 0.1) is 48.1 Å². The monoisotopic (exact) mass is 557 g/mol. The van der Waals surface area contributed by atoms with Gasteiger partial charge in [0.15, 0.2) is 0 Å². The highest BCUT2D eigenvalue weighted by Gasteiger charge is 2.74. The largest absolute Gasteiger partial charge is 0.478 e. The van der Waals surface area contributed by atoms with Crippen LogP contribution in [0.15, 0.2) is 30.2 Å². The molecule has 0 amide bonds. The molecule has 214 valence electrons. The van der Waals surface area contributed by atoms with Crippen molar-refractivity contribution < 1.29 is 24.5 Å². The predicted molar refractivity (Wildman–Crippen MR) is 145 cm³/mol. The van der Waals surface area contributed by atoms with Crippen LogP contribution in [0.25, 0.3) is 11.8 Å². The fourth-order valence-corrected chi connectivity index (χ4v) is 9.51. The summed E-state index contributed by atoms with van der Waals surface area (Å²) in [6.07, 6.45) is 11.1. The Morgan fingerprint density at radius 2 is 2.02 bits per heavy atom. The van der Waals surface area contributed by atoms with Crippen LogP contribution in [0.1, 0.15) is 70.1 Å². The van der Waals surface area contributed by atoms with Crippen molar-refractivity contribution in [1.29, 1.82) is 5.26 Å². The summed E-state index contributed by atoms with van der Waals surface area (Å²) >= 11 is 0. The predicted octanol–water partition coefficient (Wildman–Crippen LogP) is 3.73. The number of fused-ring (bicyclic) bond motifs is 6. The number of ether oxygens (including phenoxy) is 1. The van der Waals surface area contributed by atoms with Crippen LogP contribution in [0.2, 0.25) is 0 Å². The van der Waals surface area contributed by atoms with Crippen molar-refractivity contribution in [1.82, 2.24) is 20.0 Å². The molecular weight excluding hydrogens is 522 g/mol. The van der Waals surface area contributed by atoms with Crippen LogP contribution < -0.4 is 0 Å². The van der Waals surface area contributed by atoms with Gasteiger partial charge in [0, 0.05) is 17.8 Å². The van der Waals surface area contributed by atoms with Crippen LogP contribution in [-0.4, -0.2) is 53.8 Å². The number of aliphatic carboxylic acids is 1. The fourth-order valence-electron chi connectivity index (χ4n) is 9.51. The molecule has 2 N–H and O–H groups in total. The number of carboxylic acids is 1. The number of carbonyl (C=O) groups excluding carboxylic acids is 1. The molecule has 0 radical (unpaired) electrons. The Morgan fingerprint density at radius 1 is 1.22 bits per heavy atom. The number of allylic oxidation sites excluding steroid dienone is 1. The Kier molecular flexibility index (Phi) is 5.75. The standard InChI is InChI=1S/C31H35N5O5/c1-29-13-18-15-35-36(21-8-10-33-34-16-21)24(18)12-19(29)5-6-22-23-11-20(7-9-32)31(28(39)40,41-27(38)17-3-4-17)30(23,2)14-25(37)26(22)29/h8,10,12,15-17,20,22-23,25-26,37H,3-7,11,13-14H2,1-2H3,(H,39,40)/t20?,22-,23-,25-,26+,29-,30-,31-/m0/s1. The van der Waals surface area contributed by atoms with Crippen LogP contribution in [0.5, 0.6) is 0 Å². The van der Waals surface area contributed by atoms with Gasteiger partial charge in [-0.25, -0.2) is 9.48 Å². The van der Waals surface area contributed by atoms with E-state index >= 15 is 0 Å². The maximum atomic E-state index is 13.2. The number of aliphatic hydroxyl groups excluding tert-OH is 1. The molecule has 2 aromatic rings. The Balaban J connectivity index is 1.27. The van der Waals surface area contributed by atoms with Gasteiger partial charge < -0.3 is 14.9 Å². The van der Waals surface area contributed by atoms with E-state index in [-0.39, 0.29) is 41.9 Å². The third-order valence-electron chi connectivity index (χ3n) is 11.4. The minimum Gasteiger partial charge on any atom is -0.478 e. The number of hydrogen-bond donors (Lipinski definition) is 2. The molecule has 1 unspecified atom stereocenters. The summed E-state index contributed by atoms with van der Waals surface area (Å²) in [6, 6.07) is 4.06. The highest BCUT2D eigenvalue weighted by atomic mass is 16.6. The summed E-state index contributed by atoms with van der Waals surface area (Å²) in [6.45, 7) is 4.12. The minimum absolute atomic E-state index is 0.00134. The van der Waals surface area contributed by atoms with Crippen LogP contribution in [-0.2, 0) is 20.7 Å². The van der Waals surface area contributed by atoms with Crippen LogP contribution >= 0.6 is 0 Å². The highest BCUT2D eigenvalue weighted by Crippen LogP contribution is 2.70. The van der Waals surface area contributed by atoms with E-state index in [0.717, 1.165) is 36.2 Å². The number of rotatable bonds is 5. The minimum atomic E-state index is -1.82. The molecule has 5 aliphatic rings. The second-order valence-electron chi connectivity index (χ2n) is 13.4. The van der Waals surface area contributed by atoms with Gasteiger partial charge >= 0.3 is 11.9 Å². The number of aromatic nitrogens is 4. The van der Waals surface area contributed by atoms with Crippen molar-refractivity contribution in [2.75, 3.05) is 0 Å². The van der Waals surface area contributed by atoms with E-state index in [1.807, 2.05) is 23.9 Å². The fraction of sp³-hybridized carbons (Fsp3) is 0.613. The van der Waals surface area contributed by atoms with Crippen molar-refractivity contribution in [3.63, 3.8) is 0 Å². The van der Waals surface area contributed by atoms with Crippen molar-refractivity contribution in [3.05, 3.63) is 41.5 Å². The molecule has 0 aliphatic heterocycles. The molecule has 0 saturated heterocycles. The van der Waals surface area contributed by atoms with Gasteiger partial charge in [-0.05, 0) is 85.8 Å². The zero-order chi connectivity index (χ0) is 28.7. The molecule has 5 aliphatic carbocycles. The lowest BCUT2D eigenvalue weighted by Crippen LogP contribution is -2.64. The lowest BCUT2D eigenvalue weighted by atomic mass is 9.45. The molecular formula is C31H35N5O5. The molecule has 10 heteroatoms.